The molecule has 3 rings (SSSR count). The smallest absolute Gasteiger partial charge is 0.239 e. The quantitative estimate of drug-likeness (QED) is 0.682. The second-order valence-electron chi connectivity index (χ2n) is 8.95. The molecular weight excluding hydrogens is 378 g/mol. The van der Waals surface area contributed by atoms with Crippen molar-refractivity contribution in [3.63, 3.8) is 0 Å². The lowest BCUT2D eigenvalue weighted by molar-refractivity contribution is -0.126. The maximum Gasteiger partial charge on any atom is 0.239 e. The van der Waals surface area contributed by atoms with E-state index in [1.807, 2.05) is 36.4 Å². The Morgan fingerprint density at radius 3 is 2.50 bits per heavy atom. The number of hydrogen-bond donors (Lipinski definition) is 3. The molecule has 7 nitrogen and oxygen atoms in total. The summed E-state index contributed by atoms with van der Waals surface area (Å²) in [6.07, 6.45) is 3.88. The zero-order chi connectivity index (χ0) is 21.7. The summed E-state index contributed by atoms with van der Waals surface area (Å²) in [5, 5.41) is 13.8. The monoisotopic (exact) mass is 411 g/mol. The third-order valence-electron chi connectivity index (χ3n) is 5.62. The number of nitrogens with zero attached hydrogens (tertiary/aromatic N) is 2. The first-order valence-corrected chi connectivity index (χ1v) is 10.7. The zero-order valence-electron chi connectivity index (χ0n) is 18.4. The highest BCUT2D eigenvalue weighted by atomic mass is 16.2. The summed E-state index contributed by atoms with van der Waals surface area (Å²) in [7, 11) is 1.66. The standard InChI is InChI=1S/C23H33N5O2/c1-23(2,3)19-14-20(28(27-19)16-10-6-5-7-11-16)26-21(29)15-25-18-13-9-8-12-17(18)22(30)24-4/h5-7,10-11,14,17-18,25H,8-9,12-13,15H2,1-4H3,(H,24,30)(H,26,29)/t17-,18-/m1/s1. The van der Waals surface area contributed by atoms with E-state index in [9.17, 15) is 9.59 Å². The molecule has 162 valence electrons. The molecule has 1 fully saturated rings. The van der Waals surface area contributed by atoms with Crippen LogP contribution in [-0.4, -0.2) is 41.2 Å². The Bertz CT molecular complexity index is 869. The molecule has 7 heteroatoms. The van der Waals surface area contributed by atoms with E-state index in [1.54, 1.807) is 11.7 Å². The van der Waals surface area contributed by atoms with E-state index in [1.165, 1.54) is 0 Å². The van der Waals surface area contributed by atoms with E-state index < -0.39 is 0 Å². The van der Waals surface area contributed by atoms with Gasteiger partial charge in [0, 0.05) is 24.6 Å². The summed E-state index contributed by atoms with van der Waals surface area (Å²) >= 11 is 0. The zero-order valence-corrected chi connectivity index (χ0v) is 18.4. The molecule has 0 unspecified atom stereocenters. The fourth-order valence-corrected chi connectivity index (χ4v) is 3.89. The molecule has 1 aromatic carbocycles. The fraction of sp³-hybridized carbons (Fsp3) is 0.522. The van der Waals surface area contributed by atoms with Crippen LogP contribution in [-0.2, 0) is 15.0 Å². The maximum absolute atomic E-state index is 12.7. The average molecular weight is 412 g/mol. The highest BCUT2D eigenvalue weighted by molar-refractivity contribution is 5.92. The van der Waals surface area contributed by atoms with E-state index in [-0.39, 0.29) is 35.7 Å². The molecule has 2 aromatic rings. The first kappa shape index (κ1) is 22.0. The predicted molar refractivity (Wildman–Crippen MR) is 119 cm³/mol. The van der Waals surface area contributed by atoms with Crippen molar-refractivity contribution in [2.75, 3.05) is 18.9 Å². The van der Waals surface area contributed by atoms with Crippen LogP contribution in [0.2, 0.25) is 0 Å². The molecule has 1 aliphatic rings. The number of para-hydroxylation sites is 1. The Balaban J connectivity index is 1.71. The molecule has 0 radical (unpaired) electrons. The fourth-order valence-electron chi connectivity index (χ4n) is 3.89. The number of hydrogen-bond acceptors (Lipinski definition) is 4. The van der Waals surface area contributed by atoms with Gasteiger partial charge in [0.2, 0.25) is 11.8 Å². The summed E-state index contributed by atoms with van der Waals surface area (Å²) in [5.74, 6) is 0.460. The van der Waals surface area contributed by atoms with Gasteiger partial charge >= 0.3 is 0 Å². The van der Waals surface area contributed by atoms with Crippen molar-refractivity contribution < 1.29 is 9.59 Å². The number of rotatable bonds is 6. The molecule has 3 N–H and O–H groups in total. The summed E-state index contributed by atoms with van der Waals surface area (Å²) in [6.45, 7) is 6.45. The number of anilines is 1. The summed E-state index contributed by atoms with van der Waals surface area (Å²) in [5.41, 5.74) is 1.66. The summed E-state index contributed by atoms with van der Waals surface area (Å²) in [4.78, 5) is 24.9. The van der Waals surface area contributed by atoms with Crippen LogP contribution in [0.4, 0.5) is 5.82 Å². The molecule has 2 amide bonds. The van der Waals surface area contributed by atoms with Crippen molar-refractivity contribution in [2.45, 2.75) is 57.9 Å². The summed E-state index contributed by atoms with van der Waals surface area (Å²) in [6, 6.07) is 11.7. The highest BCUT2D eigenvalue weighted by Gasteiger charge is 2.30. The maximum atomic E-state index is 12.7. The van der Waals surface area contributed by atoms with Crippen LogP contribution in [0.15, 0.2) is 36.4 Å². The van der Waals surface area contributed by atoms with E-state index >= 15 is 0 Å². The Kier molecular flexibility index (Phi) is 6.92. The Labute approximate surface area is 178 Å². The van der Waals surface area contributed by atoms with Crippen molar-refractivity contribution in [1.82, 2.24) is 20.4 Å². The van der Waals surface area contributed by atoms with E-state index in [4.69, 9.17) is 5.10 Å². The lowest BCUT2D eigenvalue weighted by Crippen LogP contribution is -2.47. The van der Waals surface area contributed by atoms with Gasteiger partial charge in [0.05, 0.1) is 23.8 Å². The molecular formula is C23H33N5O2. The Morgan fingerprint density at radius 1 is 1.13 bits per heavy atom. The van der Waals surface area contributed by atoms with E-state index in [2.05, 4.69) is 36.7 Å². The third kappa shape index (κ3) is 5.27. The second-order valence-corrected chi connectivity index (χ2v) is 8.95. The van der Waals surface area contributed by atoms with E-state index in [0.717, 1.165) is 37.1 Å². The first-order valence-electron chi connectivity index (χ1n) is 10.7. The van der Waals surface area contributed by atoms with Crippen molar-refractivity contribution in [3.05, 3.63) is 42.1 Å². The van der Waals surface area contributed by atoms with Gasteiger partial charge in [-0.15, -0.1) is 0 Å². The van der Waals surface area contributed by atoms with Crippen LogP contribution in [0, 0.1) is 5.92 Å². The van der Waals surface area contributed by atoms with Crippen LogP contribution in [0.3, 0.4) is 0 Å². The molecule has 1 aliphatic carbocycles. The van der Waals surface area contributed by atoms with Crippen molar-refractivity contribution >= 4 is 17.6 Å². The number of aromatic nitrogens is 2. The van der Waals surface area contributed by atoms with Crippen LogP contribution in [0.5, 0.6) is 0 Å². The predicted octanol–water partition coefficient (Wildman–Crippen LogP) is 3.00. The number of nitrogens with one attached hydrogen (secondary N) is 3. The normalized spacial score (nSPS) is 19.3. The second kappa shape index (κ2) is 9.43. The number of benzene rings is 1. The molecule has 0 bridgehead atoms. The van der Waals surface area contributed by atoms with Crippen molar-refractivity contribution in [2.24, 2.45) is 5.92 Å². The van der Waals surface area contributed by atoms with Crippen LogP contribution in [0.25, 0.3) is 5.69 Å². The van der Waals surface area contributed by atoms with Gasteiger partial charge in [-0.3, -0.25) is 9.59 Å². The highest BCUT2D eigenvalue weighted by Crippen LogP contribution is 2.27. The lowest BCUT2D eigenvalue weighted by Gasteiger charge is -2.30. The minimum Gasteiger partial charge on any atom is -0.359 e. The SMILES string of the molecule is CNC(=O)[C@@H]1CCCC[C@H]1NCC(=O)Nc1cc(C(C)(C)C)nn1-c1ccccc1. The van der Waals surface area contributed by atoms with Gasteiger partial charge in [0.15, 0.2) is 0 Å². The molecule has 0 spiro atoms. The Morgan fingerprint density at radius 2 is 1.83 bits per heavy atom. The minimum atomic E-state index is -0.145. The molecule has 0 aliphatic heterocycles. The van der Waals surface area contributed by atoms with Gasteiger partial charge < -0.3 is 16.0 Å². The molecule has 30 heavy (non-hydrogen) atoms. The van der Waals surface area contributed by atoms with Gasteiger partial charge in [0.25, 0.3) is 0 Å². The molecule has 1 saturated carbocycles. The number of carbonyl (C=O) groups is 2. The van der Waals surface area contributed by atoms with Crippen molar-refractivity contribution in [3.8, 4) is 5.69 Å². The van der Waals surface area contributed by atoms with Gasteiger partial charge in [-0.1, -0.05) is 51.8 Å². The largest absolute Gasteiger partial charge is 0.359 e. The molecule has 0 saturated heterocycles. The van der Waals surface area contributed by atoms with Gasteiger partial charge in [-0.2, -0.15) is 5.10 Å². The summed E-state index contributed by atoms with van der Waals surface area (Å²) < 4.78 is 1.77. The first-order chi connectivity index (χ1) is 14.3. The van der Waals surface area contributed by atoms with Gasteiger partial charge in [-0.05, 0) is 25.0 Å². The van der Waals surface area contributed by atoms with Gasteiger partial charge in [0.1, 0.15) is 5.82 Å². The molecule has 1 heterocycles. The van der Waals surface area contributed by atoms with Crippen molar-refractivity contribution in [1.29, 1.82) is 0 Å². The third-order valence-corrected chi connectivity index (χ3v) is 5.62. The molecule has 1 aromatic heterocycles. The minimum absolute atomic E-state index is 0.0219. The molecule has 2 atom stereocenters. The average Bonchev–Trinajstić information content (AvgIpc) is 3.17. The number of carbonyl (C=O) groups excluding carboxylic acids is 2. The van der Waals surface area contributed by atoms with E-state index in [0.29, 0.717) is 5.82 Å². The topological polar surface area (TPSA) is 88.1 Å². The Hall–Kier alpha value is -2.67. The number of amides is 2. The van der Waals surface area contributed by atoms with Crippen LogP contribution >= 0.6 is 0 Å². The van der Waals surface area contributed by atoms with Gasteiger partial charge in [-0.25, -0.2) is 4.68 Å². The lowest BCUT2D eigenvalue weighted by atomic mass is 9.84. The van der Waals surface area contributed by atoms with Crippen LogP contribution in [0.1, 0.15) is 52.1 Å². The van der Waals surface area contributed by atoms with Crippen LogP contribution < -0.4 is 16.0 Å².